The first-order valence-corrected chi connectivity index (χ1v) is 15.0. The average molecular weight is 544 g/mol. The highest BCUT2D eigenvalue weighted by Gasteiger charge is 2.27. The maximum absolute atomic E-state index is 13.3. The van der Waals surface area contributed by atoms with Gasteiger partial charge < -0.3 is 4.74 Å². The number of hydrogen-bond donors (Lipinski definition) is 0. The second-order valence-corrected chi connectivity index (χ2v) is 12.5. The number of nitrogens with zero attached hydrogens (tertiary/aromatic N) is 3. The van der Waals surface area contributed by atoms with Gasteiger partial charge in [-0.3, -0.25) is 4.68 Å². The quantitative estimate of drug-likeness (QED) is 0.298. The Kier molecular flexibility index (Phi) is 7.76. The van der Waals surface area contributed by atoms with Crippen molar-refractivity contribution < 1.29 is 26.0 Å². The fourth-order valence-electron chi connectivity index (χ4n) is 3.80. The Labute approximate surface area is 216 Å². The monoisotopic (exact) mass is 543 g/mol. The van der Waals surface area contributed by atoms with Gasteiger partial charge in [0.25, 0.3) is 0 Å². The molecule has 1 heterocycles. The van der Waals surface area contributed by atoms with Crippen LogP contribution in [-0.4, -0.2) is 49.4 Å². The second kappa shape index (κ2) is 10.8. The van der Waals surface area contributed by atoms with Gasteiger partial charge in [-0.25, -0.2) is 21.2 Å². The average Bonchev–Trinajstić information content (AvgIpc) is 3.25. The van der Waals surface area contributed by atoms with E-state index in [4.69, 9.17) is 4.74 Å². The number of rotatable bonds is 10. The maximum atomic E-state index is 13.3. The van der Waals surface area contributed by atoms with E-state index < -0.39 is 20.0 Å². The predicted molar refractivity (Wildman–Crippen MR) is 140 cm³/mol. The topological polar surface area (TPSA) is 98.6 Å². The summed E-state index contributed by atoms with van der Waals surface area (Å²) in [6, 6.07) is 23.3. The molecule has 0 atom stereocenters. The van der Waals surface area contributed by atoms with E-state index in [-0.39, 0.29) is 25.5 Å². The molecule has 0 aliphatic heterocycles. The maximum Gasteiger partial charge on any atom is 0.241 e. The minimum absolute atomic E-state index is 0.00446. The van der Waals surface area contributed by atoms with Gasteiger partial charge in [-0.15, -0.1) is 5.10 Å². The Balaban J connectivity index is 1.62. The number of benzene rings is 3. The summed E-state index contributed by atoms with van der Waals surface area (Å²) >= 11 is 0. The van der Waals surface area contributed by atoms with E-state index in [1.807, 2.05) is 54.6 Å². The van der Waals surface area contributed by atoms with E-state index >= 15 is 0 Å². The molecule has 0 unspecified atom stereocenters. The first kappa shape index (κ1) is 26.5. The summed E-state index contributed by atoms with van der Waals surface area (Å²) in [5.41, 5.74) is 4.16. The number of halogens is 1. The third-order valence-electron chi connectivity index (χ3n) is 5.57. The van der Waals surface area contributed by atoms with E-state index in [0.29, 0.717) is 15.2 Å². The molecule has 0 fully saturated rings. The van der Waals surface area contributed by atoms with Crippen molar-refractivity contribution in [1.29, 1.82) is 0 Å². The van der Waals surface area contributed by atoms with Crippen LogP contribution >= 0.6 is 0 Å². The van der Waals surface area contributed by atoms with Crippen LogP contribution in [0.2, 0.25) is 0 Å². The molecule has 0 amide bonds. The van der Waals surface area contributed by atoms with Crippen LogP contribution in [-0.2, 0) is 33.2 Å². The van der Waals surface area contributed by atoms with Gasteiger partial charge in [0.2, 0.25) is 25.9 Å². The van der Waals surface area contributed by atoms with Gasteiger partial charge in [-0.05, 0) is 34.4 Å². The molecule has 0 saturated heterocycles. The lowest BCUT2D eigenvalue weighted by molar-refractivity contribution is 0.290. The van der Waals surface area contributed by atoms with Crippen LogP contribution < -0.4 is 4.74 Å². The summed E-state index contributed by atoms with van der Waals surface area (Å²) in [7, 11) is -7.96. The third-order valence-corrected chi connectivity index (χ3v) is 9.04. The van der Waals surface area contributed by atoms with Crippen molar-refractivity contribution in [1.82, 2.24) is 13.5 Å². The molecule has 1 aromatic heterocycles. The van der Waals surface area contributed by atoms with Crippen LogP contribution in [0, 0.1) is 5.82 Å². The van der Waals surface area contributed by atoms with Gasteiger partial charge in [-0.2, -0.15) is 0 Å². The standard InChI is InChI=1S/C26H26FN3O5S2/c1-36(31,32)30(37(2,33)34)17-16-29-18-25(26(28-29)35-19-20-6-4-3-5-7-20)23-10-8-21(9-11-23)22-12-14-24(27)15-13-22/h3-15,18H,16-17,19H2,1-2H3. The van der Waals surface area contributed by atoms with Crippen LogP contribution in [0.25, 0.3) is 22.3 Å². The van der Waals surface area contributed by atoms with Crippen molar-refractivity contribution in [2.24, 2.45) is 0 Å². The highest BCUT2D eigenvalue weighted by molar-refractivity contribution is 8.03. The predicted octanol–water partition coefficient (Wildman–Crippen LogP) is 4.16. The number of sulfonamides is 2. The van der Waals surface area contributed by atoms with Crippen LogP contribution in [0.3, 0.4) is 0 Å². The van der Waals surface area contributed by atoms with E-state index in [0.717, 1.165) is 34.8 Å². The van der Waals surface area contributed by atoms with Crippen molar-refractivity contribution in [3.63, 3.8) is 0 Å². The molecule has 0 radical (unpaired) electrons. The van der Waals surface area contributed by atoms with E-state index in [1.165, 1.54) is 16.8 Å². The summed E-state index contributed by atoms with van der Waals surface area (Å²) in [5.74, 6) is 0.0157. The molecule has 0 N–H and O–H groups in total. The van der Waals surface area contributed by atoms with Gasteiger partial charge >= 0.3 is 0 Å². The van der Waals surface area contributed by atoms with Crippen molar-refractivity contribution in [2.45, 2.75) is 13.2 Å². The molecular formula is C26H26FN3O5S2. The summed E-state index contributed by atoms with van der Waals surface area (Å²) in [6.07, 6.45) is 3.38. The van der Waals surface area contributed by atoms with Gasteiger partial charge in [0.05, 0.1) is 24.6 Å². The lowest BCUT2D eigenvalue weighted by Crippen LogP contribution is -2.37. The molecule has 0 spiro atoms. The lowest BCUT2D eigenvalue weighted by atomic mass is 10.0. The zero-order valence-corrected chi connectivity index (χ0v) is 21.9. The Bertz CT molecular complexity index is 1540. The Morgan fingerprint density at radius 3 is 1.92 bits per heavy atom. The number of aromatic nitrogens is 2. The zero-order chi connectivity index (χ0) is 26.6. The smallest absolute Gasteiger partial charge is 0.241 e. The molecule has 3 aromatic carbocycles. The Morgan fingerprint density at radius 1 is 0.811 bits per heavy atom. The van der Waals surface area contributed by atoms with Crippen LogP contribution in [0.5, 0.6) is 5.88 Å². The molecule has 37 heavy (non-hydrogen) atoms. The number of hydrogen-bond acceptors (Lipinski definition) is 6. The molecule has 0 aliphatic carbocycles. The van der Waals surface area contributed by atoms with Gasteiger partial charge in [-0.1, -0.05) is 70.4 Å². The minimum Gasteiger partial charge on any atom is -0.471 e. The molecule has 4 rings (SSSR count). The second-order valence-electron chi connectivity index (χ2n) is 8.49. The summed E-state index contributed by atoms with van der Waals surface area (Å²) in [6.45, 7) is -0.0484. The first-order valence-electron chi connectivity index (χ1n) is 11.3. The van der Waals surface area contributed by atoms with Gasteiger partial charge in [0.1, 0.15) is 12.4 Å². The van der Waals surface area contributed by atoms with Crippen molar-refractivity contribution in [3.05, 3.63) is 96.4 Å². The third kappa shape index (κ3) is 6.82. The van der Waals surface area contributed by atoms with Gasteiger partial charge in [0, 0.05) is 12.7 Å². The van der Waals surface area contributed by atoms with Crippen LogP contribution in [0.4, 0.5) is 4.39 Å². The summed E-state index contributed by atoms with van der Waals surface area (Å²) in [4.78, 5) is 0. The zero-order valence-electron chi connectivity index (χ0n) is 20.3. The highest BCUT2D eigenvalue weighted by atomic mass is 32.3. The molecule has 0 saturated carbocycles. The van der Waals surface area contributed by atoms with Crippen LogP contribution in [0.1, 0.15) is 5.56 Å². The highest BCUT2D eigenvalue weighted by Crippen LogP contribution is 2.31. The van der Waals surface area contributed by atoms with E-state index in [9.17, 15) is 21.2 Å². The first-order chi connectivity index (χ1) is 17.5. The van der Waals surface area contributed by atoms with Crippen LogP contribution in [0.15, 0.2) is 85.1 Å². The normalized spacial score (nSPS) is 12.1. The van der Waals surface area contributed by atoms with E-state index in [2.05, 4.69) is 5.10 Å². The van der Waals surface area contributed by atoms with E-state index in [1.54, 1.807) is 18.3 Å². The van der Waals surface area contributed by atoms with Crippen molar-refractivity contribution in [3.8, 4) is 28.1 Å². The molecule has 0 bridgehead atoms. The van der Waals surface area contributed by atoms with Crippen molar-refractivity contribution in [2.75, 3.05) is 19.1 Å². The molecule has 0 aliphatic rings. The Morgan fingerprint density at radius 2 is 1.35 bits per heavy atom. The summed E-state index contributed by atoms with van der Waals surface area (Å²) in [5, 5.41) is 4.46. The largest absolute Gasteiger partial charge is 0.471 e. The SMILES string of the molecule is CS(=O)(=O)N(CCn1cc(-c2ccc(-c3ccc(F)cc3)cc2)c(OCc2ccccc2)n1)S(C)(=O)=O. The lowest BCUT2D eigenvalue weighted by Gasteiger charge is -2.17. The fourth-order valence-corrected chi connectivity index (χ4v) is 6.59. The summed E-state index contributed by atoms with van der Waals surface area (Å²) < 4.78 is 69.2. The Hall–Kier alpha value is -3.54. The molecule has 194 valence electrons. The minimum atomic E-state index is -3.98. The number of ether oxygens (including phenoxy) is 1. The molecule has 8 nitrogen and oxygen atoms in total. The molecule has 11 heteroatoms. The molecular weight excluding hydrogens is 517 g/mol. The van der Waals surface area contributed by atoms with Crippen molar-refractivity contribution >= 4 is 20.0 Å². The molecule has 4 aromatic rings. The fraction of sp³-hybridized carbons (Fsp3) is 0.192. The van der Waals surface area contributed by atoms with Gasteiger partial charge in [0.15, 0.2) is 0 Å².